The second kappa shape index (κ2) is 3.94. The zero-order chi connectivity index (χ0) is 9.97. The van der Waals surface area contributed by atoms with Crippen LogP contribution in [0, 0.1) is 5.82 Å². The van der Waals surface area contributed by atoms with Crippen LogP contribution in [0.15, 0.2) is 12.1 Å². The van der Waals surface area contributed by atoms with Crippen molar-refractivity contribution in [2.45, 2.75) is 13.0 Å². The first-order valence-electron chi connectivity index (χ1n) is 4.53. The van der Waals surface area contributed by atoms with Gasteiger partial charge in [0.1, 0.15) is 11.6 Å². The third-order valence-electron chi connectivity index (χ3n) is 2.20. The molecular weight excluding hydrogens is 185 g/mol. The van der Waals surface area contributed by atoms with Crippen molar-refractivity contribution in [1.82, 2.24) is 0 Å². The summed E-state index contributed by atoms with van der Waals surface area (Å²) in [5.74, 6) is 0.476. The molecule has 1 aliphatic heterocycles. The van der Waals surface area contributed by atoms with Crippen LogP contribution in [0.25, 0.3) is 0 Å². The summed E-state index contributed by atoms with van der Waals surface area (Å²) in [6, 6.07) is 3.17. The molecule has 0 amide bonds. The zero-order valence-electron chi connectivity index (χ0n) is 7.75. The average molecular weight is 197 g/mol. The molecule has 0 unspecified atom stereocenters. The number of rotatable bonds is 2. The van der Waals surface area contributed by atoms with Gasteiger partial charge in [0.2, 0.25) is 0 Å². The van der Waals surface area contributed by atoms with Crippen molar-refractivity contribution in [2.75, 3.05) is 13.3 Å². The SMILES string of the molecule is NCCc1cc2c(cc1F)COCO2. The summed E-state index contributed by atoms with van der Waals surface area (Å²) in [5.41, 5.74) is 6.74. The van der Waals surface area contributed by atoms with E-state index in [1.165, 1.54) is 6.07 Å². The predicted molar refractivity (Wildman–Crippen MR) is 49.4 cm³/mol. The topological polar surface area (TPSA) is 44.5 Å². The van der Waals surface area contributed by atoms with Crippen LogP contribution < -0.4 is 10.5 Å². The monoisotopic (exact) mass is 197 g/mol. The van der Waals surface area contributed by atoms with E-state index < -0.39 is 0 Å². The Kier molecular flexibility index (Phi) is 2.65. The van der Waals surface area contributed by atoms with Crippen LogP contribution in [0.5, 0.6) is 5.75 Å². The molecule has 0 saturated carbocycles. The van der Waals surface area contributed by atoms with Crippen LogP contribution in [0.4, 0.5) is 4.39 Å². The van der Waals surface area contributed by atoms with Crippen LogP contribution in [0.1, 0.15) is 11.1 Å². The third-order valence-corrected chi connectivity index (χ3v) is 2.20. The van der Waals surface area contributed by atoms with E-state index >= 15 is 0 Å². The van der Waals surface area contributed by atoms with Crippen molar-refractivity contribution in [3.05, 3.63) is 29.1 Å². The Bertz CT molecular complexity index is 341. The lowest BCUT2D eigenvalue weighted by atomic mass is 10.1. The molecular formula is C10H12FNO2. The van der Waals surface area contributed by atoms with Crippen LogP contribution in [0.3, 0.4) is 0 Å². The fraction of sp³-hybridized carbons (Fsp3) is 0.400. The van der Waals surface area contributed by atoms with Gasteiger partial charge in [0, 0.05) is 5.56 Å². The maximum atomic E-state index is 13.4. The fourth-order valence-corrected chi connectivity index (χ4v) is 1.49. The number of hydrogen-bond donors (Lipinski definition) is 1. The van der Waals surface area contributed by atoms with Gasteiger partial charge in [0.05, 0.1) is 6.61 Å². The highest BCUT2D eigenvalue weighted by Gasteiger charge is 2.14. The number of nitrogens with two attached hydrogens (primary N) is 1. The molecule has 0 spiro atoms. The summed E-state index contributed by atoms with van der Waals surface area (Å²) < 4.78 is 23.7. The molecule has 1 aliphatic rings. The molecule has 14 heavy (non-hydrogen) atoms. The van der Waals surface area contributed by atoms with E-state index in [0.29, 0.717) is 30.9 Å². The minimum absolute atomic E-state index is 0.233. The van der Waals surface area contributed by atoms with Crippen molar-refractivity contribution in [3.63, 3.8) is 0 Å². The Morgan fingerprint density at radius 1 is 1.43 bits per heavy atom. The maximum absolute atomic E-state index is 13.4. The van der Waals surface area contributed by atoms with Gasteiger partial charge in [-0.25, -0.2) is 4.39 Å². The molecule has 0 atom stereocenters. The number of ether oxygens (including phenoxy) is 2. The Morgan fingerprint density at radius 3 is 3.07 bits per heavy atom. The number of halogens is 1. The van der Waals surface area contributed by atoms with Gasteiger partial charge >= 0.3 is 0 Å². The van der Waals surface area contributed by atoms with E-state index in [9.17, 15) is 4.39 Å². The van der Waals surface area contributed by atoms with E-state index in [4.69, 9.17) is 15.2 Å². The second-order valence-corrected chi connectivity index (χ2v) is 3.20. The van der Waals surface area contributed by atoms with Crippen molar-refractivity contribution in [2.24, 2.45) is 5.73 Å². The van der Waals surface area contributed by atoms with Crippen LogP contribution >= 0.6 is 0 Å². The van der Waals surface area contributed by atoms with Crippen molar-refractivity contribution < 1.29 is 13.9 Å². The fourth-order valence-electron chi connectivity index (χ4n) is 1.49. The summed E-state index contributed by atoms with van der Waals surface area (Å²) in [4.78, 5) is 0. The molecule has 0 aliphatic carbocycles. The number of hydrogen-bond acceptors (Lipinski definition) is 3. The highest BCUT2D eigenvalue weighted by Crippen LogP contribution is 2.26. The first-order chi connectivity index (χ1) is 6.81. The Morgan fingerprint density at radius 2 is 2.29 bits per heavy atom. The first-order valence-corrected chi connectivity index (χ1v) is 4.53. The van der Waals surface area contributed by atoms with E-state index in [1.54, 1.807) is 6.07 Å². The van der Waals surface area contributed by atoms with Gasteiger partial charge in [0.15, 0.2) is 6.79 Å². The van der Waals surface area contributed by atoms with Crippen LogP contribution in [0.2, 0.25) is 0 Å². The van der Waals surface area contributed by atoms with E-state index in [1.807, 2.05) is 0 Å². The highest BCUT2D eigenvalue weighted by atomic mass is 19.1. The third kappa shape index (κ3) is 1.71. The molecule has 0 aromatic heterocycles. The molecule has 0 bridgehead atoms. The molecule has 1 heterocycles. The lowest BCUT2D eigenvalue weighted by molar-refractivity contribution is -0.0166. The van der Waals surface area contributed by atoms with Crippen LogP contribution in [-0.4, -0.2) is 13.3 Å². The van der Waals surface area contributed by atoms with E-state index in [2.05, 4.69) is 0 Å². The number of fused-ring (bicyclic) bond motifs is 1. The minimum Gasteiger partial charge on any atom is -0.467 e. The molecule has 4 heteroatoms. The first kappa shape index (κ1) is 9.43. The molecule has 3 nitrogen and oxygen atoms in total. The quantitative estimate of drug-likeness (QED) is 0.774. The van der Waals surface area contributed by atoms with Crippen molar-refractivity contribution >= 4 is 0 Å². The molecule has 0 radical (unpaired) electrons. The summed E-state index contributed by atoms with van der Waals surface area (Å²) in [5, 5.41) is 0. The molecule has 1 aromatic rings. The summed E-state index contributed by atoms with van der Waals surface area (Å²) in [6.45, 7) is 1.09. The van der Waals surface area contributed by atoms with Gasteiger partial charge in [0.25, 0.3) is 0 Å². The summed E-state index contributed by atoms with van der Waals surface area (Å²) in [7, 11) is 0. The van der Waals surface area contributed by atoms with Crippen molar-refractivity contribution in [1.29, 1.82) is 0 Å². The average Bonchev–Trinajstić information content (AvgIpc) is 2.19. The molecule has 76 valence electrons. The van der Waals surface area contributed by atoms with Gasteiger partial charge in [-0.05, 0) is 30.7 Å². The summed E-state index contributed by atoms with van der Waals surface area (Å²) >= 11 is 0. The number of benzene rings is 1. The Labute approximate surface area is 81.6 Å². The summed E-state index contributed by atoms with van der Waals surface area (Å²) in [6.07, 6.45) is 0.531. The maximum Gasteiger partial charge on any atom is 0.189 e. The Balaban J connectivity index is 2.35. The Hall–Kier alpha value is -1.13. The van der Waals surface area contributed by atoms with Gasteiger partial charge in [-0.3, -0.25) is 0 Å². The predicted octanol–water partition coefficient (Wildman–Crippen LogP) is 1.19. The van der Waals surface area contributed by atoms with Gasteiger partial charge in [-0.15, -0.1) is 0 Å². The molecule has 0 saturated heterocycles. The van der Waals surface area contributed by atoms with Gasteiger partial charge < -0.3 is 15.2 Å². The van der Waals surface area contributed by atoms with E-state index in [0.717, 1.165) is 5.56 Å². The van der Waals surface area contributed by atoms with Crippen LogP contribution in [-0.2, 0) is 17.8 Å². The molecule has 2 rings (SSSR count). The minimum atomic E-state index is -0.233. The lowest BCUT2D eigenvalue weighted by Crippen LogP contribution is -2.13. The zero-order valence-corrected chi connectivity index (χ0v) is 7.75. The van der Waals surface area contributed by atoms with Crippen molar-refractivity contribution in [3.8, 4) is 5.75 Å². The van der Waals surface area contributed by atoms with Gasteiger partial charge in [-0.2, -0.15) is 0 Å². The van der Waals surface area contributed by atoms with E-state index in [-0.39, 0.29) is 12.6 Å². The normalized spacial score (nSPS) is 14.7. The molecule has 1 aromatic carbocycles. The second-order valence-electron chi connectivity index (χ2n) is 3.20. The van der Waals surface area contributed by atoms with Gasteiger partial charge in [-0.1, -0.05) is 0 Å². The highest BCUT2D eigenvalue weighted by molar-refractivity contribution is 5.39. The smallest absolute Gasteiger partial charge is 0.189 e. The standard InChI is InChI=1S/C10H12FNO2/c11-9-3-8-5-13-6-14-10(8)4-7(9)1-2-12/h3-4H,1-2,5-6,12H2. The largest absolute Gasteiger partial charge is 0.467 e. The molecule has 2 N–H and O–H groups in total. The molecule has 0 fully saturated rings. The lowest BCUT2D eigenvalue weighted by Gasteiger charge is -2.18.